The van der Waals surface area contributed by atoms with Gasteiger partial charge in [-0.15, -0.1) is 0 Å². The largest absolute Gasteiger partial charge is 0.354 e. The Bertz CT molecular complexity index is 835. The summed E-state index contributed by atoms with van der Waals surface area (Å²) < 4.78 is 0. The van der Waals surface area contributed by atoms with Gasteiger partial charge in [0.05, 0.1) is 6.42 Å². The van der Waals surface area contributed by atoms with E-state index in [0.29, 0.717) is 30.5 Å². The number of carbonyl (C=O) groups is 2. The van der Waals surface area contributed by atoms with Gasteiger partial charge in [0.25, 0.3) is 0 Å². The third-order valence-corrected chi connectivity index (χ3v) is 5.15. The van der Waals surface area contributed by atoms with Crippen LogP contribution in [0.1, 0.15) is 43.9 Å². The number of hydrogen-bond acceptors (Lipinski definition) is 2. The quantitative estimate of drug-likeness (QED) is 0.642. The Kier molecular flexibility index (Phi) is 8.71. The number of carbonyl (C=O) groups excluding carboxylic acids is 2. The van der Waals surface area contributed by atoms with Crippen LogP contribution in [0.25, 0.3) is 0 Å². The summed E-state index contributed by atoms with van der Waals surface area (Å²) in [6.07, 6.45) is 0.761. The van der Waals surface area contributed by atoms with Gasteiger partial charge in [0.1, 0.15) is 6.04 Å². The molecule has 0 heterocycles. The summed E-state index contributed by atoms with van der Waals surface area (Å²) >= 11 is 6.08. The van der Waals surface area contributed by atoms with Crippen LogP contribution in [0.4, 0.5) is 0 Å². The van der Waals surface area contributed by atoms with Crippen molar-refractivity contribution >= 4 is 23.4 Å². The van der Waals surface area contributed by atoms with Gasteiger partial charge in [-0.2, -0.15) is 0 Å². The second kappa shape index (κ2) is 11.0. The second-order valence-corrected chi connectivity index (χ2v) is 8.25. The summed E-state index contributed by atoms with van der Waals surface area (Å²) in [5, 5.41) is 3.59. The van der Waals surface area contributed by atoms with E-state index in [1.165, 1.54) is 0 Å². The Morgan fingerprint density at radius 1 is 1.10 bits per heavy atom. The normalized spacial score (nSPS) is 11.9. The molecule has 2 amide bonds. The predicted molar refractivity (Wildman–Crippen MR) is 119 cm³/mol. The summed E-state index contributed by atoms with van der Waals surface area (Å²) in [5.74, 6) is 0.166. The summed E-state index contributed by atoms with van der Waals surface area (Å²) in [6.45, 7) is 9.06. The Hall–Kier alpha value is -2.33. The first kappa shape index (κ1) is 23.0. The molecule has 0 aromatic heterocycles. The van der Waals surface area contributed by atoms with Crippen LogP contribution in [0.5, 0.6) is 0 Å². The van der Waals surface area contributed by atoms with Gasteiger partial charge in [0.2, 0.25) is 11.8 Å². The molecule has 0 saturated carbocycles. The summed E-state index contributed by atoms with van der Waals surface area (Å²) in [4.78, 5) is 27.9. The van der Waals surface area contributed by atoms with Crippen molar-refractivity contribution in [2.24, 2.45) is 5.92 Å². The van der Waals surface area contributed by atoms with Crippen LogP contribution in [0.2, 0.25) is 5.02 Å². The minimum Gasteiger partial charge on any atom is -0.354 e. The molecule has 2 aromatic rings. The van der Waals surface area contributed by atoms with Crippen molar-refractivity contribution < 1.29 is 9.59 Å². The molecule has 2 rings (SSSR count). The van der Waals surface area contributed by atoms with Crippen LogP contribution < -0.4 is 5.32 Å². The molecule has 0 spiro atoms. The molecule has 0 unspecified atom stereocenters. The molecular formula is C24H31ClN2O2. The fourth-order valence-electron chi connectivity index (χ4n) is 3.24. The monoisotopic (exact) mass is 414 g/mol. The van der Waals surface area contributed by atoms with E-state index in [4.69, 9.17) is 11.6 Å². The van der Waals surface area contributed by atoms with Crippen LogP contribution in [0, 0.1) is 12.8 Å². The second-order valence-electron chi connectivity index (χ2n) is 7.82. The molecule has 156 valence electrons. The molecular weight excluding hydrogens is 384 g/mol. The molecule has 0 bridgehead atoms. The number of nitrogens with zero attached hydrogens (tertiary/aromatic N) is 1. The molecule has 4 nitrogen and oxygen atoms in total. The lowest BCUT2D eigenvalue weighted by Crippen LogP contribution is -2.50. The van der Waals surface area contributed by atoms with Gasteiger partial charge in [0.15, 0.2) is 0 Å². The van der Waals surface area contributed by atoms with E-state index in [2.05, 4.69) is 19.2 Å². The molecule has 0 fully saturated rings. The van der Waals surface area contributed by atoms with E-state index in [1.807, 2.05) is 50.2 Å². The maximum absolute atomic E-state index is 13.3. The van der Waals surface area contributed by atoms with Gasteiger partial charge < -0.3 is 10.2 Å². The predicted octanol–water partition coefficient (Wildman–Crippen LogP) is 4.77. The van der Waals surface area contributed by atoms with Gasteiger partial charge >= 0.3 is 0 Å². The fraction of sp³-hybridized carbons (Fsp3) is 0.417. The van der Waals surface area contributed by atoms with Gasteiger partial charge in [-0.05, 0) is 48.1 Å². The number of nitrogens with one attached hydrogen (secondary N) is 1. The number of rotatable bonds is 9. The fourth-order valence-corrected chi connectivity index (χ4v) is 3.45. The highest BCUT2D eigenvalue weighted by atomic mass is 35.5. The van der Waals surface area contributed by atoms with Gasteiger partial charge in [-0.3, -0.25) is 9.59 Å². The molecule has 1 N–H and O–H groups in total. The SMILES string of the molecule is CC[C@@H](C(=O)NCC(C)C)N(Cc1ccccc1C)C(=O)Cc1cccc(Cl)c1. The van der Waals surface area contributed by atoms with E-state index < -0.39 is 6.04 Å². The van der Waals surface area contributed by atoms with Crippen molar-refractivity contribution in [1.29, 1.82) is 0 Å². The average Bonchev–Trinajstić information content (AvgIpc) is 2.67. The first-order valence-electron chi connectivity index (χ1n) is 10.2. The van der Waals surface area contributed by atoms with Gasteiger partial charge in [-0.1, -0.05) is 68.8 Å². The summed E-state index contributed by atoms with van der Waals surface area (Å²) in [5.41, 5.74) is 2.99. The van der Waals surface area contributed by atoms with Crippen LogP contribution in [-0.4, -0.2) is 29.3 Å². The average molecular weight is 415 g/mol. The van der Waals surface area contributed by atoms with E-state index in [9.17, 15) is 9.59 Å². The first-order chi connectivity index (χ1) is 13.8. The van der Waals surface area contributed by atoms with E-state index >= 15 is 0 Å². The molecule has 0 aliphatic heterocycles. The van der Waals surface area contributed by atoms with Crippen LogP contribution in [0.15, 0.2) is 48.5 Å². The zero-order chi connectivity index (χ0) is 21.4. The van der Waals surface area contributed by atoms with E-state index in [1.54, 1.807) is 17.0 Å². The van der Waals surface area contributed by atoms with Gasteiger partial charge in [-0.25, -0.2) is 0 Å². The van der Waals surface area contributed by atoms with Crippen molar-refractivity contribution in [1.82, 2.24) is 10.2 Å². The molecule has 1 atom stereocenters. The van der Waals surface area contributed by atoms with Crippen molar-refractivity contribution in [3.05, 3.63) is 70.2 Å². The molecule has 0 saturated heterocycles. The molecule has 0 aliphatic rings. The minimum absolute atomic E-state index is 0.0814. The van der Waals surface area contributed by atoms with Crippen molar-refractivity contribution in [3.8, 4) is 0 Å². The lowest BCUT2D eigenvalue weighted by atomic mass is 10.0. The Morgan fingerprint density at radius 2 is 1.83 bits per heavy atom. The van der Waals surface area contributed by atoms with Crippen molar-refractivity contribution in [2.75, 3.05) is 6.54 Å². The number of hydrogen-bond donors (Lipinski definition) is 1. The highest BCUT2D eigenvalue weighted by Gasteiger charge is 2.29. The topological polar surface area (TPSA) is 49.4 Å². The maximum atomic E-state index is 13.3. The highest BCUT2D eigenvalue weighted by molar-refractivity contribution is 6.30. The van der Waals surface area contributed by atoms with Crippen molar-refractivity contribution in [2.45, 2.75) is 53.1 Å². The number of aryl methyl sites for hydroxylation is 1. The summed E-state index contributed by atoms with van der Waals surface area (Å²) in [7, 11) is 0. The lowest BCUT2D eigenvalue weighted by Gasteiger charge is -2.31. The Morgan fingerprint density at radius 3 is 2.45 bits per heavy atom. The van der Waals surface area contributed by atoms with Crippen LogP contribution in [0.3, 0.4) is 0 Å². The van der Waals surface area contributed by atoms with Gasteiger partial charge in [0, 0.05) is 18.1 Å². The lowest BCUT2D eigenvalue weighted by molar-refractivity contribution is -0.141. The smallest absolute Gasteiger partial charge is 0.242 e. The molecule has 0 radical (unpaired) electrons. The molecule has 0 aliphatic carbocycles. The number of benzene rings is 2. The van der Waals surface area contributed by atoms with Crippen molar-refractivity contribution in [3.63, 3.8) is 0 Å². The number of halogens is 1. The van der Waals surface area contributed by atoms with Crippen LogP contribution >= 0.6 is 11.6 Å². The number of amides is 2. The molecule has 29 heavy (non-hydrogen) atoms. The maximum Gasteiger partial charge on any atom is 0.242 e. The third-order valence-electron chi connectivity index (χ3n) is 4.92. The molecule has 5 heteroatoms. The molecule has 2 aromatic carbocycles. The standard InChI is InChI=1S/C24H31ClN2O2/c1-5-22(24(29)26-15-17(2)3)27(16-20-11-7-6-9-18(20)4)23(28)14-19-10-8-12-21(25)13-19/h6-13,17,22H,5,14-16H2,1-4H3,(H,26,29)/t22-/m0/s1. The first-order valence-corrected chi connectivity index (χ1v) is 10.6. The third kappa shape index (κ3) is 6.90. The zero-order valence-corrected chi connectivity index (χ0v) is 18.5. The highest BCUT2D eigenvalue weighted by Crippen LogP contribution is 2.18. The Labute approximate surface area is 179 Å². The zero-order valence-electron chi connectivity index (χ0n) is 17.7. The van der Waals surface area contributed by atoms with E-state index in [0.717, 1.165) is 16.7 Å². The van der Waals surface area contributed by atoms with E-state index in [-0.39, 0.29) is 18.2 Å². The Balaban J connectivity index is 2.29. The van der Waals surface area contributed by atoms with Crippen LogP contribution in [-0.2, 0) is 22.6 Å². The summed E-state index contributed by atoms with van der Waals surface area (Å²) in [6, 6.07) is 14.8. The minimum atomic E-state index is -0.514.